The number of carbonyl (C=O) groups excluding carboxylic acids is 2. The average molecular weight is 341 g/mol. The zero-order chi connectivity index (χ0) is 13.4. The van der Waals surface area contributed by atoms with Crippen molar-refractivity contribution in [2.45, 2.75) is 64.2 Å². The number of hydrogen-bond donors (Lipinski definition) is 0. The van der Waals surface area contributed by atoms with Gasteiger partial charge in [-0.2, -0.15) is 0 Å². The number of rotatable bonds is 4. The minimum Gasteiger partial charge on any atom is -0.870 e. The summed E-state index contributed by atoms with van der Waals surface area (Å²) in [7, 11) is 0. The Morgan fingerprint density at radius 3 is 1.20 bits per heavy atom. The Morgan fingerprint density at radius 1 is 0.750 bits per heavy atom. The van der Waals surface area contributed by atoms with E-state index in [4.69, 9.17) is 0 Å². The molecule has 0 aromatic carbocycles. The zero-order valence-electron chi connectivity index (χ0n) is 11.9. The zero-order valence-corrected chi connectivity index (χ0v) is 14.3. The van der Waals surface area contributed by atoms with Gasteiger partial charge in [0.1, 0.15) is 0 Å². The molecule has 0 unspecified atom stereocenters. The van der Waals surface area contributed by atoms with Crippen molar-refractivity contribution in [3.63, 3.8) is 0 Å². The summed E-state index contributed by atoms with van der Waals surface area (Å²) in [6.07, 6.45) is 9.75. The fourth-order valence-electron chi connectivity index (χ4n) is 2.90. The van der Waals surface area contributed by atoms with Crippen molar-refractivity contribution < 1.29 is 25.3 Å². The summed E-state index contributed by atoms with van der Waals surface area (Å²) in [4.78, 5) is 20.1. The van der Waals surface area contributed by atoms with E-state index in [2.05, 4.69) is 0 Å². The number of hydrogen-bond acceptors (Lipinski definition) is 5. The van der Waals surface area contributed by atoms with Crippen LogP contribution in [0.25, 0.3) is 0 Å². The van der Waals surface area contributed by atoms with E-state index in [-0.39, 0.29) is 38.1 Å². The molecule has 0 spiro atoms. The fourth-order valence-corrected chi connectivity index (χ4v) is 2.90. The Bertz CT molecular complexity index is 243. The molecule has 0 bridgehead atoms. The van der Waals surface area contributed by atoms with Crippen LogP contribution in [0.2, 0.25) is 0 Å². The van der Waals surface area contributed by atoms with Crippen molar-refractivity contribution in [1.29, 1.82) is 0 Å². The molecule has 0 aromatic rings. The maximum absolute atomic E-state index is 10.0. The van der Waals surface area contributed by atoms with Crippen LogP contribution in [-0.4, -0.2) is 37.2 Å². The quantitative estimate of drug-likeness (QED) is 0.672. The Morgan fingerprint density at radius 2 is 1.00 bits per heavy atom. The molecule has 2 rings (SSSR count). The summed E-state index contributed by atoms with van der Waals surface area (Å²) in [5.41, 5.74) is 0. The van der Waals surface area contributed by atoms with Gasteiger partial charge in [0.2, 0.25) is 0 Å². The SMILES string of the molecule is O=C([O-])CC1CCCC1.O=C([O-])CC1CCCC1.[Ga+3].[OH-]. The molecule has 0 amide bonds. The van der Waals surface area contributed by atoms with Crippen molar-refractivity contribution in [1.82, 2.24) is 0 Å². The van der Waals surface area contributed by atoms with Gasteiger partial charge in [-0.1, -0.05) is 51.4 Å². The predicted molar refractivity (Wildman–Crippen MR) is 70.9 cm³/mol. The van der Waals surface area contributed by atoms with Gasteiger partial charge >= 0.3 is 19.8 Å². The van der Waals surface area contributed by atoms with Gasteiger partial charge in [0, 0.05) is 11.9 Å². The first-order valence-electron chi connectivity index (χ1n) is 6.97. The molecule has 20 heavy (non-hydrogen) atoms. The molecular weight excluding hydrogens is 318 g/mol. The van der Waals surface area contributed by atoms with Gasteiger partial charge in [-0.15, -0.1) is 0 Å². The van der Waals surface area contributed by atoms with Crippen LogP contribution in [0.1, 0.15) is 64.2 Å². The molecular formula is C14H23GaO5. The summed E-state index contributed by atoms with van der Waals surface area (Å²) in [5, 5.41) is 20.1. The molecule has 0 radical (unpaired) electrons. The minimum absolute atomic E-state index is 0. The molecule has 0 aliphatic heterocycles. The topological polar surface area (TPSA) is 110 Å². The van der Waals surface area contributed by atoms with E-state index in [1.165, 1.54) is 25.7 Å². The van der Waals surface area contributed by atoms with Gasteiger partial charge in [0.15, 0.2) is 0 Å². The van der Waals surface area contributed by atoms with Crippen LogP contribution in [0, 0.1) is 11.8 Å². The molecule has 0 aromatic heterocycles. The monoisotopic (exact) mass is 340 g/mol. The van der Waals surface area contributed by atoms with Crippen molar-refractivity contribution >= 4 is 31.7 Å². The van der Waals surface area contributed by atoms with Gasteiger partial charge in [-0.25, -0.2) is 0 Å². The molecule has 2 aliphatic rings. The number of aliphatic carboxylic acids is 2. The maximum atomic E-state index is 10.0. The van der Waals surface area contributed by atoms with Crippen LogP contribution >= 0.6 is 0 Å². The standard InChI is InChI=1S/2C7H12O2.Ga.H2O/c2*8-7(9)5-6-3-1-2-4-6;;/h2*6H,1-5H2,(H,8,9);;1H2/q;;+3;/p-3. The third-order valence-electron chi connectivity index (χ3n) is 3.86. The van der Waals surface area contributed by atoms with Gasteiger partial charge < -0.3 is 25.3 Å². The molecule has 0 atom stereocenters. The first-order chi connectivity index (χ1) is 8.58. The van der Waals surface area contributed by atoms with Gasteiger partial charge in [0.05, 0.1) is 0 Å². The first kappa shape index (κ1) is 21.8. The molecule has 5 nitrogen and oxygen atoms in total. The predicted octanol–water partition coefficient (Wildman–Crippen LogP) is 0.0756. The summed E-state index contributed by atoms with van der Waals surface area (Å²) in [6, 6.07) is 0. The normalized spacial score (nSPS) is 18.4. The first-order valence-corrected chi connectivity index (χ1v) is 6.97. The van der Waals surface area contributed by atoms with Crippen molar-refractivity contribution in [3.8, 4) is 0 Å². The average Bonchev–Trinajstić information content (AvgIpc) is 2.90. The number of carboxylic acids is 2. The van der Waals surface area contributed by atoms with Crippen molar-refractivity contribution in [2.75, 3.05) is 0 Å². The molecule has 2 fully saturated rings. The Kier molecular flexibility index (Phi) is 13.4. The van der Waals surface area contributed by atoms with E-state index in [1.54, 1.807) is 0 Å². The molecule has 0 heterocycles. The third-order valence-corrected chi connectivity index (χ3v) is 3.86. The second kappa shape index (κ2) is 12.3. The van der Waals surface area contributed by atoms with Crippen LogP contribution in [0.3, 0.4) is 0 Å². The molecule has 0 saturated heterocycles. The number of carbonyl (C=O) groups is 2. The molecule has 2 aliphatic carbocycles. The van der Waals surface area contributed by atoms with Crippen LogP contribution in [0.5, 0.6) is 0 Å². The molecule has 2 saturated carbocycles. The second-order valence-electron chi connectivity index (χ2n) is 5.45. The summed E-state index contributed by atoms with van der Waals surface area (Å²) in [5.74, 6) is -0.922. The maximum Gasteiger partial charge on any atom is 3.00 e. The van der Waals surface area contributed by atoms with Crippen LogP contribution in [0.15, 0.2) is 0 Å². The molecule has 6 heteroatoms. The molecule has 112 valence electrons. The minimum atomic E-state index is -0.887. The Labute approximate surface area is 133 Å². The largest absolute Gasteiger partial charge is 3.00 e. The Balaban J connectivity index is 0. The second-order valence-corrected chi connectivity index (χ2v) is 5.45. The van der Waals surface area contributed by atoms with Gasteiger partial charge in [-0.3, -0.25) is 0 Å². The van der Waals surface area contributed by atoms with Crippen LogP contribution in [-0.2, 0) is 9.59 Å². The van der Waals surface area contributed by atoms with Gasteiger partial charge in [0.25, 0.3) is 0 Å². The van der Waals surface area contributed by atoms with E-state index in [9.17, 15) is 19.8 Å². The summed E-state index contributed by atoms with van der Waals surface area (Å²) < 4.78 is 0. The van der Waals surface area contributed by atoms with Crippen LogP contribution in [0.4, 0.5) is 0 Å². The fraction of sp³-hybridized carbons (Fsp3) is 0.857. The summed E-state index contributed by atoms with van der Waals surface area (Å²) in [6.45, 7) is 0. The van der Waals surface area contributed by atoms with E-state index < -0.39 is 11.9 Å². The van der Waals surface area contributed by atoms with Gasteiger partial charge in [-0.05, 0) is 24.7 Å². The smallest absolute Gasteiger partial charge is 0.870 e. The van der Waals surface area contributed by atoms with E-state index in [0.29, 0.717) is 11.8 Å². The van der Waals surface area contributed by atoms with E-state index >= 15 is 0 Å². The summed E-state index contributed by atoms with van der Waals surface area (Å²) >= 11 is 0. The molecule has 1 N–H and O–H groups in total. The third kappa shape index (κ3) is 10.3. The van der Waals surface area contributed by atoms with E-state index in [0.717, 1.165) is 25.7 Å². The van der Waals surface area contributed by atoms with Crippen molar-refractivity contribution in [2.24, 2.45) is 11.8 Å². The van der Waals surface area contributed by atoms with Crippen LogP contribution < -0.4 is 10.2 Å². The number of carboxylic acid groups (broad SMARTS) is 2. The Hall–Kier alpha value is -0.464. The van der Waals surface area contributed by atoms with E-state index in [1.807, 2.05) is 0 Å². The van der Waals surface area contributed by atoms with Crippen molar-refractivity contribution in [3.05, 3.63) is 0 Å².